The van der Waals surface area contributed by atoms with Crippen LogP contribution in [0.15, 0.2) is 12.1 Å². The molecular formula is C7H4ClF3N2O2. The second kappa shape index (κ2) is 4.01. The van der Waals surface area contributed by atoms with Gasteiger partial charge in [-0.05, 0) is 6.07 Å². The van der Waals surface area contributed by atoms with E-state index in [4.69, 9.17) is 11.6 Å². The van der Waals surface area contributed by atoms with Crippen LogP contribution in [0.3, 0.4) is 0 Å². The lowest BCUT2D eigenvalue weighted by Gasteiger charge is -2.06. The van der Waals surface area contributed by atoms with E-state index < -0.39 is 22.5 Å². The molecule has 0 saturated carbocycles. The fraction of sp³-hybridized carbons (Fsp3) is 0.286. The van der Waals surface area contributed by atoms with Gasteiger partial charge in [-0.25, -0.2) is 4.98 Å². The summed E-state index contributed by atoms with van der Waals surface area (Å²) < 4.78 is 36.9. The van der Waals surface area contributed by atoms with E-state index in [1.54, 1.807) is 0 Å². The molecule has 0 bridgehead atoms. The summed E-state index contributed by atoms with van der Waals surface area (Å²) in [5.74, 6) is -0.235. The van der Waals surface area contributed by atoms with Gasteiger partial charge in [-0.3, -0.25) is 10.1 Å². The first-order valence-corrected chi connectivity index (χ1v) is 4.17. The maximum Gasteiger partial charge on any atom is 0.440 e. The van der Waals surface area contributed by atoms with Crippen molar-refractivity contribution in [3.63, 3.8) is 0 Å². The largest absolute Gasteiger partial charge is 0.440 e. The monoisotopic (exact) mass is 240 g/mol. The SMILES string of the molecule is O=[N+]([O-])c1ccc(CCl)nc1C(F)(F)F. The molecule has 0 amide bonds. The maximum absolute atomic E-state index is 12.3. The molecule has 15 heavy (non-hydrogen) atoms. The van der Waals surface area contributed by atoms with Crippen molar-refractivity contribution >= 4 is 17.3 Å². The number of hydrogen-bond acceptors (Lipinski definition) is 3. The van der Waals surface area contributed by atoms with Gasteiger partial charge >= 0.3 is 6.18 Å². The quantitative estimate of drug-likeness (QED) is 0.454. The van der Waals surface area contributed by atoms with Crippen molar-refractivity contribution in [3.05, 3.63) is 33.6 Å². The van der Waals surface area contributed by atoms with E-state index >= 15 is 0 Å². The standard InChI is InChI=1S/C7H4ClF3N2O2/c8-3-4-1-2-5(13(14)15)6(12-4)7(9,10)11/h1-2H,3H2. The highest BCUT2D eigenvalue weighted by Crippen LogP contribution is 2.34. The summed E-state index contributed by atoms with van der Waals surface area (Å²) in [7, 11) is 0. The van der Waals surface area contributed by atoms with Crippen LogP contribution in [0, 0.1) is 10.1 Å². The van der Waals surface area contributed by atoms with E-state index in [0.717, 1.165) is 12.1 Å². The molecule has 0 aliphatic heterocycles. The number of halogens is 4. The van der Waals surface area contributed by atoms with Crippen LogP contribution in [0.5, 0.6) is 0 Å². The summed E-state index contributed by atoms with van der Waals surface area (Å²) >= 11 is 5.28. The van der Waals surface area contributed by atoms with Crippen LogP contribution in [0.4, 0.5) is 18.9 Å². The van der Waals surface area contributed by atoms with Crippen molar-refractivity contribution in [2.45, 2.75) is 12.1 Å². The zero-order valence-electron chi connectivity index (χ0n) is 7.08. The Bertz CT molecular complexity index is 394. The molecule has 0 spiro atoms. The molecule has 1 aromatic heterocycles. The minimum atomic E-state index is -4.86. The van der Waals surface area contributed by atoms with Crippen molar-refractivity contribution in [1.29, 1.82) is 0 Å². The molecule has 1 aromatic rings. The van der Waals surface area contributed by atoms with Crippen LogP contribution in [0.25, 0.3) is 0 Å². The second-order valence-electron chi connectivity index (χ2n) is 2.56. The van der Waals surface area contributed by atoms with Gasteiger partial charge in [0.25, 0.3) is 5.69 Å². The Kier molecular flexibility index (Phi) is 3.13. The lowest BCUT2D eigenvalue weighted by atomic mass is 10.2. The molecule has 0 fully saturated rings. The zero-order chi connectivity index (χ0) is 11.6. The van der Waals surface area contributed by atoms with Crippen molar-refractivity contribution in [1.82, 2.24) is 4.98 Å². The average molecular weight is 241 g/mol. The smallest absolute Gasteiger partial charge is 0.258 e. The van der Waals surface area contributed by atoms with Gasteiger partial charge in [-0.15, -0.1) is 11.6 Å². The van der Waals surface area contributed by atoms with Gasteiger partial charge in [-0.1, -0.05) is 0 Å². The molecule has 8 heteroatoms. The highest BCUT2D eigenvalue weighted by Gasteiger charge is 2.40. The van der Waals surface area contributed by atoms with Crippen LogP contribution in [-0.4, -0.2) is 9.91 Å². The molecule has 0 saturated heterocycles. The van der Waals surface area contributed by atoms with Crippen molar-refractivity contribution in [2.24, 2.45) is 0 Å². The zero-order valence-corrected chi connectivity index (χ0v) is 7.84. The summed E-state index contributed by atoms with van der Waals surface area (Å²) in [6.07, 6.45) is -4.86. The van der Waals surface area contributed by atoms with E-state index in [0.29, 0.717) is 0 Å². The van der Waals surface area contributed by atoms with Crippen LogP contribution >= 0.6 is 11.6 Å². The average Bonchev–Trinajstić information content (AvgIpc) is 2.15. The van der Waals surface area contributed by atoms with Crippen molar-refractivity contribution in [2.75, 3.05) is 0 Å². The summed E-state index contributed by atoms with van der Waals surface area (Å²) in [4.78, 5) is 12.3. The lowest BCUT2D eigenvalue weighted by molar-refractivity contribution is -0.388. The number of rotatable bonds is 2. The molecule has 0 atom stereocenters. The fourth-order valence-electron chi connectivity index (χ4n) is 0.923. The Morgan fingerprint density at radius 1 is 1.47 bits per heavy atom. The summed E-state index contributed by atoms with van der Waals surface area (Å²) in [6.45, 7) is 0. The van der Waals surface area contributed by atoms with Crippen molar-refractivity contribution < 1.29 is 18.1 Å². The highest BCUT2D eigenvalue weighted by atomic mass is 35.5. The molecule has 0 aliphatic rings. The fourth-order valence-corrected chi connectivity index (χ4v) is 1.07. The third kappa shape index (κ3) is 2.56. The van der Waals surface area contributed by atoms with Crippen LogP contribution in [0.2, 0.25) is 0 Å². The molecule has 4 nitrogen and oxygen atoms in total. The van der Waals surface area contributed by atoms with Gasteiger partial charge in [0.2, 0.25) is 5.69 Å². The van der Waals surface area contributed by atoms with Gasteiger partial charge < -0.3 is 0 Å². The van der Waals surface area contributed by atoms with Gasteiger partial charge in [0.05, 0.1) is 16.5 Å². The number of pyridine rings is 1. The molecule has 1 heterocycles. The lowest BCUT2D eigenvalue weighted by Crippen LogP contribution is -2.12. The van der Waals surface area contributed by atoms with E-state index in [1.807, 2.05) is 0 Å². The summed E-state index contributed by atoms with van der Waals surface area (Å²) in [5, 5.41) is 10.3. The molecule has 0 unspecified atom stereocenters. The third-order valence-electron chi connectivity index (χ3n) is 1.53. The second-order valence-corrected chi connectivity index (χ2v) is 2.83. The molecule has 0 aliphatic carbocycles. The van der Waals surface area contributed by atoms with Gasteiger partial charge in [0.15, 0.2) is 0 Å². The first-order chi connectivity index (χ1) is 6.86. The van der Waals surface area contributed by atoms with Crippen LogP contribution < -0.4 is 0 Å². The van der Waals surface area contributed by atoms with Gasteiger partial charge in [-0.2, -0.15) is 13.2 Å². The Balaban J connectivity index is 3.36. The van der Waals surface area contributed by atoms with Gasteiger partial charge in [0.1, 0.15) is 0 Å². The predicted octanol–water partition coefficient (Wildman–Crippen LogP) is 2.75. The number of hydrogen-bond donors (Lipinski definition) is 0. The van der Waals surface area contributed by atoms with Crippen molar-refractivity contribution in [3.8, 4) is 0 Å². The third-order valence-corrected chi connectivity index (χ3v) is 1.81. The Morgan fingerprint density at radius 3 is 2.47 bits per heavy atom. The number of aromatic nitrogens is 1. The molecule has 1 rings (SSSR count). The minimum absolute atomic E-state index is 0.0606. The van der Waals surface area contributed by atoms with E-state index in [2.05, 4.69) is 4.98 Å². The summed E-state index contributed by atoms with van der Waals surface area (Å²) in [6, 6.07) is 1.83. The molecule has 82 valence electrons. The van der Waals surface area contributed by atoms with E-state index in [9.17, 15) is 23.3 Å². The Hall–Kier alpha value is -1.37. The maximum atomic E-state index is 12.3. The molecule has 0 radical (unpaired) electrons. The van der Waals surface area contributed by atoms with Crippen LogP contribution in [-0.2, 0) is 12.1 Å². The predicted molar refractivity (Wildman–Crippen MR) is 45.5 cm³/mol. The molecule has 0 aromatic carbocycles. The first-order valence-electron chi connectivity index (χ1n) is 3.63. The van der Waals surface area contributed by atoms with Gasteiger partial charge in [0, 0.05) is 6.07 Å². The topological polar surface area (TPSA) is 56.0 Å². The number of alkyl halides is 4. The number of nitrogens with zero attached hydrogens (tertiary/aromatic N) is 2. The molecule has 0 N–H and O–H groups in total. The first kappa shape index (κ1) is 11.7. The van der Waals surface area contributed by atoms with E-state index in [1.165, 1.54) is 0 Å². The number of nitro groups is 1. The minimum Gasteiger partial charge on any atom is -0.258 e. The van der Waals surface area contributed by atoms with Crippen LogP contribution in [0.1, 0.15) is 11.4 Å². The van der Waals surface area contributed by atoms with E-state index in [-0.39, 0.29) is 11.6 Å². The Morgan fingerprint density at radius 2 is 2.07 bits per heavy atom. The Labute approximate surface area is 86.8 Å². The normalized spacial score (nSPS) is 11.5. The summed E-state index contributed by atoms with van der Waals surface area (Å²) in [5.41, 5.74) is -2.66. The molecular weight excluding hydrogens is 237 g/mol. The highest BCUT2D eigenvalue weighted by molar-refractivity contribution is 6.16.